The number of amides is 2. The summed E-state index contributed by atoms with van der Waals surface area (Å²) in [6.45, 7) is 4.45. The van der Waals surface area contributed by atoms with Gasteiger partial charge in [-0.05, 0) is 23.6 Å². The quantitative estimate of drug-likeness (QED) is 0.877. The molecule has 112 valence electrons. The Bertz CT molecular complexity index is 657. The fourth-order valence-electron chi connectivity index (χ4n) is 1.73. The van der Waals surface area contributed by atoms with Crippen molar-refractivity contribution in [3.05, 3.63) is 44.9 Å². The first-order valence-corrected chi connectivity index (χ1v) is 7.92. The van der Waals surface area contributed by atoms with Crippen molar-refractivity contribution in [2.75, 3.05) is 4.90 Å². The van der Waals surface area contributed by atoms with E-state index < -0.39 is 6.03 Å². The number of rotatable bonds is 4. The van der Waals surface area contributed by atoms with Crippen molar-refractivity contribution in [3.63, 3.8) is 0 Å². The Morgan fingerprint density at radius 3 is 2.62 bits per heavy atom. The van der Waals surface area contributed by atoms with E-state index in [1.807, 2.05) is 0 Å². The number of primary amides is 1. The van der Waals surface area contributed by atoms with Crippen molar-refractivity contribution < 1.29 is 4.79 Å². The van der Waals surface area contributed by atoms with Gasteiger partial charge < -0.3 is 5.73 Å². The summed E-state index contributed by atoms with van der Waals surface area (Å²) >= 11 is 13.3. The van der Waals surface area contributed by atoms with Crippen LogP contribution in [0.15, 0.2) is 24.4 Å². The molecule has 1 heterocycles. The van der Waals surface area contributed by atoms with Crippen LogP contribution in [0.2, 0.25) is 10.0 Å². The Labute approximate surface area is 137 Å². The highest BCUT2D eigenvalue weighted by molar-refractivity contribution is 7.15. The highest BCUT2D eigenvalue weighted by Gasteiger charge is 2.18. The molecule has 21 heavy (non-hydrogen) atoms. The topological polar surface area (TPSA) is 59.2 Å². The molecule has 2 N–H and O–H groups in total. The second-order valence-electron chi connectivity index (χ2n) is 4.87. The van der Waals surface area contributed by atoms with E-state index in [4.69, 9.17) is 28.9 Å². The molecule has 0 fully saturated rings. The lowest BCUT2D eigenvalue weighted by Crippen LogP contribution is -2.35. The van der Waals surface area contributed by atoms with Crippen LogP contribution < -0.4 is 10.6 Å². The van der Waals surface area contributed by atoms with Crippen molar-refractivity contribution in [1.82, 2.24) is 4.98 Å². The van der Waals surface area contributed by atoms with E-state index in [-0.39, 0.29) is 0 Å². The summed E-state index contributed by atoms with van der Waals surface area (Å²) in [5.74, 6) is 0.357. The molecular formula is C14H15Cl2N3OS. The Morgan fingerprint density at radius 2 is 2.10 bits per heavy atom. The Morgan fingerprint density at radius 1 is 1.38 bits per heavy atom. The van der Waals surface area contributed by atoms with Gasteiger partial charge in [0.2, 0.25) is 0 Å². The molecule has 4 nitrogen and oxygen atoms in total. The van der Waals surface area contributed by atoms with Gasteiger partial charge in [-0.15, -0.1) is 11.3 Å². The molecule has 1 aromatic carbocycles. The molecule has 2 rings (SSSR count). The maximum atomic E-state index is 11.7. The number of halogens is 2. The number of carbonyl (C=O) groups is 1. The van der Waals surface area contributed by atoms with Crippen molar-refractivity contribution in [1.29, 1.82) is 0 Å². The molecule has 0 aliphatic heterocycles. The molecule has 0 saturated carbocycles. The molecule has 1 aromatic heterocycles. The van der Waals surface area contributed by atoms with Crippen molar-refractivity contribution in [3.8, 4) is 0 Å². The van der Waals surface area contributed by atoms with Gasteiger partial charge >= 0.3 is 6.03 Å². The summed E-state index contributed by atoms with van der Waals surface area (Å²) in [7, 11) is 0. The number of anilines is 1. The number of nitrogens with two attached hydrogens (primary N) is 1. The molecule has 2 amide bonds. The summed E-state index contributed by atoms with van der Waals surface area (Å²) in [5, 5.41) is 1.50. The van der Waals surface area contributed by atoms with Crippen molar-refractivity contribution in [2.45, 2.75) is 26.3 Å². The lowest BCUT2D eigenvalue weighted by molar-refractivity contribution is 0.253. The van der Waals surface area contributed by atoms with Crippen LogP contribution in [-0.4, -0.2) is 11.0 Å². The van der Waals surface area contributed by atoms with E-state index in [9.17, 15) is 4.79 Å². The van der Waals surface area contributed by atoms with Gasteiger partial charge in [-0.1, -0.05) is 43.1 Å². The molecule has 0 bridgehead atoms. The first kappa shape index (κ1) is 16.1. The molecule has 0 saturated heterocycles. The van der Waals surface area contributed by atoms with Gasteiger partial charge in [0.05, 0.1) is 16.6 Å². The summed E-state index contributed by atoms with van der Waals surface area (Å²) in [4.78, 5) is 18.5. The SMILES string of the molecule is CC(C)c1cnc(N(Cc2ccc(Cl)c(Cl)c2)C(N)=O)s1. The van der Waals surface area contributed by atoms with Crippen LogP contribution in [0.5, 0.6) is 0 Å². The minimum atomic E-state index is -0.550. The monoisotopic (exact) mass is 343 g/mol. The summed E-state index contributed by atoms with van der Waals surface area (Å²) < 4.78 is 0. The van der Waals surface area contributed by atoms with Crippen LogP contribution >= 0.6 is 34.5 Å². The number of nitrogens with zero attached hydrogens (tertiary/aromatic N) is 2. The van der Waals surface area contributed by atoms with Gasteiger partial charge in [-0.3, -0.25) is 4.90 Å². The Kier molecular flexibility index (Phi) is 5.08. The molecule has 0 unspecified atom stereocenters. The lowest BCUT2D eigenvalue weighted by atomic mass is 10.2. The lowest BCUT2D eigenvalue weighted by Gasteiger charge is -2.17. The molecule has 2 aromatic rings. The molecule has 0 spiro atoms. The first-order chi connectivity index (χ1) is 9.88. The van der Waals surface area contributed by atoms with Crippen LogP contribution in [0.1, 0.15) is 30.2 Å². The second kappa shape index (κ2) is 6.64. The number of thiazole rings is 1. The predicted octanol–water partition coefficient (Wildman–Crippen LogP) is 4.66. The smallest absolute Gasteiger partial charge is 0.321 e. The third-order valence-corrected chi connectivity index (χ3v) is 4.96. The molecule has 0 aliphatic rings. The van der Waals surface area contributed by atoms with E-state index in [2.05, 4.69) is 18.8 Å². The number of urea groups is 1. The minimum Gasteiger partial charge on any atom is -0.351 e. The summed E-state index contributed by atoms with van der Waals surface area (Å²) in [5.41, 5.74) is 6.30. The van der Waals surface area contributed by atoms with Gasteiger partial charge in [0.15, 0.2) is 5.13 Å². The van der Waals surface area contributed by atoms with Gasteiger partial charge in [0.1, 0.15) is 0 Å². The zero-order valence-electron chi connectivity index (χ0n) is 11.6. The van der Waals surface area contributed by atoms with Crippen LogP contribution in [-0.2, 0) is 6.54 Å². The maximum absolute atomic E-state index is 11.7. The molecule has 7 heteroatoms. The summed E-state index contributed by atoms with van der Waals surface area (Å²) in [6, 6.07) is 4.67. The van der Waals surface area contributed by atoms with Crippen molar-refractivity contribution >= 4 is 45.7 Å². The van der Waals surface area contributed by atoms with Crippen LogP contribution in [0.25, 0.3) is 0 Å². The molecular weight excluding hydrogens is 329 g/mol. The number of hydrogen-bond acceptors (Lipinski definition) is 3. The third kappa shape index (κ3) is 3.87. The van der Waals surface area contributed by atoms with E-state index in [1.165, 1.54) is 16.2 Å². The zero-order valence-corrected chi connectivity index (χ0v) is 14.0. The van der Waals surface area contributed by atoms with Crippen molar-refractivity contribution in [2.24, 2.45) is 5.73 Å². The van der Waals surface area contributed by atoms with E-state index in [0.717, 1.165) is 10.4 Å². The average molecular weight is 344 g/mol. The van der Waals surface area contributed by atoms with E-state index in [0.29, 0.717) is 27.6 Å². The molecule has 0 radical (unpaired) electrons. The molecule has 0 atom stereocenters. The third-order valence-electron chi connectivity index (χ3n) is 2.90. The van der Waals surface area contributed by atoms with Crippen LogP contribution in [0.4, 0.5) is 9.93 Å². The largest absolute Gasteiger partial charge is 0.351 e. The van der Waals surface area contributed by atoms with Gasteiger partial charge in [-0.25, -0.2) is 9.78 Å². The highest BCUT2D eigenvalue weighted by atomic mass is 35.5. The van der Waals surface area contributed by atoms with Crippen LogP contribution in [0, 0.1) is 0 Å². The van der Waals surface area contributed by atoms with Crippen LogP contribution in [0.3, 0.4) is 0 Å². The standard InChI is InChI=1S/C14H15Cl2N3OS/c1-8(2)12-6-18-14(21-12)19(13(17)20)7-9-3-4-10(15)11(16)5-9/h3-6,8H,7H2,1-2H3,(H2,17,20). The van der Waals surface area contributed by atoms with Gasteiger partial charge in [0, 0.05) is 11.1 Å². The normalized spacial score (nSPS) is 10.9. The zero-order chi connectivity index (χ0) is 15.6. The number of hydrogen-bond donors (Lipinski definition) is 1. The Hall–Kier alpha value is -1.30. The Balaban J connectivity index is 2.26. The predicted molar refractivity (Wildman–Crippen MR) is 88.4 cm³/mol. The number of aromatic nitrogens is 1. The average Bonchev–Trinajstić information content (AvgIpc) is 2.89. The number of carbonyl (C=O) groups excluding carboxylic acids is 1. The minimum absolute atomic E-state index is 0.303. The second-order valence-corrected chi connectivity index (χ2v) is 6.73. The van der Waals surface area contributed by atoms with Gasteiger partial charge in [-0.2, -0.15) is 0 Å². The summed E-state index contributed by atoms with van der Waals surface area (Å²) in [6.07, 6.45) is 1.77. The fourth-order valence-corrected chi connectivity index (χ4v) is 2.97. The fraction of sp³-hybridized carbons (Fsp3) is 0.286. The first-order valence-electron chi connectivity index (χ1n) is 6.35. The van der Waals surface area contributed by atoms with E-state index in [1.54, 1.807) is 24.4 Å². The maximum Gasteiger partial charge on any atom is 0.321 e. The van der Waals surface area contributed by atoms with E-state index >= 15 is 0 Å². The molecule has 0 aliphatic carbocycles. The highest BCUT2D eigenvalue weighted by Crippen LogP contribution is 2.30. The van der Waals surface area contributed by atoms with Gasteiger partial charge in [0.25, 0.3) is 0 Å². The number of benzene rings is 1.